The summed E-state index contributed by atoms with van der Waals surface area (Å²) >= 11 is 0. The molecule has 1 atom stereocenters. The van der Waals surface area contributed by atoms with Crippen LogP contribution in [0.2, 0.25) is 0 Å². The van der Waals surface area contributed by atoms with Crippen molar-refractivity contribution in [1.29, 1.82) is 0 Å². The van der Waals surface area contributed by atoms with E-state index in [1.54, 1.807) is 24.6 Å². The first kappa shape index (κ1) is 18.6. The van der Waals surface area contributed by atoms with Crippen LogP contribution in [0.1, 0.15) is 56.5 Å². The molecule has 1 N–H and O–H groups in total. The van der Waals surface area contributed by atoms with Crippen molar-refractivity contribution in [2.75, 3.05) is 6.54 Å². The van der Waals surface area contributed by atoms with E-state index in [1.807, 2.05) is 34.6 Å². The van der Waals surface area contributed by atoms with Gasteiger partial charge in [-0.25, -0.2) is 4.98 Å². The van der Waals surface area contributed by atoms with Gasteiger partial charge < -0.3 is 23.9 Å². The smallest absolute Gasteiger partial charge is 0.271 e. The van der Waals surface area contributed by atoms with Gasteiger partial charge in [-0.2, -0.15) is 0 Å². The first-order valence-corrected chi connectivity index (χ1v) is 9.98. The second-order valence-corrected chi connectivity index (χ2v) is 7.59. The zero-order valence-electron chi connectivity index (χ0n) is 16.6. The summed E-state index contributed by atoms with van der Waals surface area (Å²) in [4.78, 5) is 32.0. The van der Waals surface area contributed by atoms with Gasteiger partial charge in [-0.3, -0.25) is 9.59 Å². The van der Waals surface area contributed by atoms with E-state index >= 15 is 0 Å². The minimum Gasteiger partial charge on any atom is -0.467 e. The molecule has 30 heavy (non-hydrogen) atoms. The minimum absolute atomic E-state index is 0.0322. The number of carbonyl (C=O) groups excluding carboxylic acids is 2. The molecule has 0 aliphatic carbocycles. The van der Waals surface area contributed by atoms with Crippen LogP contribution in [0.4, 0.5) is 0 Å². The number of carbonyl (C=O) groups is 2. The highest BCUT2D eigenvalue weighted by atomic mass is 16.5. The summed E-state index contributed by atoms with van der Waals surface area (Å²) < 4.78 is 12.6. The third kappa shape index (κ3) is 3.29. The normalized spacial score (nSPS) is 17.5. The molecule has 5 rings (SSSR count). The zero-order chi connectivity index (χ0) is 20.7. The van der Waals surface area contributed by atoms with Crippen LogP contribution in [0.15, 0.2) is 47.2 Å². The van der Waals surface area contributed by atoms with Crippen LogP contribution in [0, 0.1) is 0 Å². The highest BCUT2D eigenvalue weighted by Gasteiger charge is 2.31. The summed E-state index contributed by atoms with van der Waals surface area (Å²) in [6, 6.07) is 9.09. The molecule has 8 heteroatoms. The van der Waals surface area contributed by atoms with Gasteiger partial charge in [-0.05, 0) is 42.3 Å². The van der Waals surface area contributed by atoms with Gasteiger partial charge in [0.1, 0.15) is 17.3 Å². The molecule has 0 saturated heterocycles. The van der Waals surface area contributed by atoms with Crippen molar-refractivity contribution < 1.29 is 18.7 Å². The third-order valence-electron chi connectivity index (χ3n) is 5.70. The van der Waals surface area contributed by atoms with Crippen LogP contribution >= 0.6 is 0 Å². The maximum atomic E-state index is 13.2. The van der Waals surface area contributed by atoms with Crippen LogP contribution in [-0.2, 0) is 31.0 Å². The topological polar surface area (TPSA) is 89.6 Å². The number of ether oxygens (including phenoxy) is 1. The predicted molar refractivity (Wildman–Crippen MR) is 106 cm³/mol. The number of furan rings is 1. The lowest BCUT2D eigenvalue weighted by Gasteiger charge is -2.33. The van der Waals surface area contributed by atoms with Crippen molar-refractivity contribution in [1.82, 2.24) is 19.8 Å². The molecule has 8 nitrogen and oxygen atoms in total. The zero-order valence-corrected chi connectivity index (χ0v) is 16.6. The Balaban J connectivity index is 1.32. The lowest BCUT2D eigenvalue weighted by molar-refractivity contribution is 0.0637. The van der Waals surface area contributed by atoms with Gasteiger partial charge >= 0.3 is 0 Å². The van der Waals surface area contributed by atoms with Crippen LogP contribution in [0.3, 0.4) is 0 Å². The van der Waals surface area contributed by atoms with Crippen molar-refractivity contribution in [2.24, 2.45) is 0 Å². The molecule has 2 aliphatic rings. The summed E-state index contributed by atoms with van der Waals surface area (Å²) in [6.45, 7) is 4.55. The van der Waals surface area contributed by atoms with Gasteiger partial charge in [0.25, 0.3) is 11.8 Å². The predicted octanol–water partition coefficient (Wildman–Crippen LogP) is 2.65. The van der Waals surface area contributed by atoms with E-state index in [2.05, 4.69) is 10.3 Å². The van der Waals surface area contributed by atoms with Crippen LogP contribution in [0.5, 0.6) is 0 Å². The number of hydrogen-bond donors (Lipinski definition) is 1. The fourth-order valence-corrected chi connectivity index (χ4v) is 4.02. The molecule has 0 saturated carbocycles. The summed E-state index contributed by atoms with van der Waals surface area (Å²) in [7, 11) is 0. The Morgan fingerprint density at radius 3 is 2.90 bits per heavy atom. The van der Waals surface area contributed by atoms with Crippen molar-refractivity contribution >= 4 is 11.8 Å². The second-order valence-electron chi connectivity index (χ2n) is 7.59. The number of fused-ring (bicyclic) bond motifs is 2. The van der Waals surface area contributed by atoms with E-state index < -0.39 is 0 Å². The quantitative estimate of drug-likeness (QED) is 0.720. The number of hydrogen-bond acceptors (Lipinski definition) is 5. The van der Waals surface area contributed by atoms with E-state index in [0.717, 1.165) is 11.1 Å². The third-order valence-corrected chi connectivity index (χ3v) is 5.70. The molecule has 0 radical (unpaired) electrons. The van der Waals surface area contributed by atoms with Crippen LogP contribution in [-0.4, -0.2) is 32.8 Å². The Bertz CT molecular complexity index is 1100. The maximum absolute atomic E-state index is 13.2. The van der Waals surface area contributed by atoms with Gasteiger partial charge in [0.05, 0.1) is 32.1 Å². The first-order chi connectivity index (χ1) is 14.6. The van der Waals surface area contributed by atoms with Gasteiger partial charge in [-0.1, -0.05) is 6.07 Å². The molecule has 0 bridgehead atoms. The average Bonchev–Trinajstić information content (AvgIpc) is 3.51. The number of benzene rings is 1. The number of aromatic nitrogens is 2. The Hall–Kier alpha value is -3.39. The number of imidazole rings is 1. The summed E-state index contributed by atoms with van der Waals surface area (Å²) in [6.07, 6.45) is 3.32. The van der Waals surface area contributed by atoms with Crippen molar-refractivity contribution in [2.45, 2.75) is 39.3 Å². The number of nitrogens with zero attached hydrogens (tertiary/aromatic N) is 3. The molecule has 3 aromatic rings. The van der Waals surface area contributed by atoms with Gasteiger partial charge in [0, 0.05) is 24.8 Å². The lowest BCUT2D eigenvalue weighted by Crippen LogP contribution is -2.41. The molecule has 0 fully saturated rings. The van der Waals surface area contributed by atoms with E-state index in [9.17, 15) is 9.59 Å². The molecular weight excluding hydrogens is 384 g/mol. The molecule has 2 amide bonds. The van der Waals surface area contributed by atoms with E-state index in [1.165, 1.54) is 0 Å². The Labute approximate surface area is 173 Å². The Morgan fingerprint density at radius 2 is 2.07 bits per heavy atom. The highest BCUT2D eigenvalue weighted by Crippen LogP contribution is 2.28. The molecule has 0 spiro atoms. The fourth-order valence-electron chi connectivity index (χ4n) is 4.02. The summed E-state index contributed by atoms with van der Waals surface area (Å²) in [5, 5.41) is 2.81. The van der Waals surface area contributed by atoms with Crippen molar-refractivity contribution in [3.63, 3.8) is 0 Å². The van der Waals surface area contributed by atoms with Gasteiger partial charge in [0.15, 0.2) is 0 Å². The maximum Gasteiger partial charge on any atom is 0.271 e. The largest absolute Gasteiger partial charge is 0.467 e. The fraction of sp³-hybridized carbons (Fsp3) is 0.318. The molecule has 0 unspecified atom stereocenters. The monoisotopic (exact) mass is 406 g/mol. The minimum atomic E-state index is -0.267. The first-order valence-electron chi connectivity index (χ1n) is 9.98. The second kappa shape index (κ2) is 7.46. The molecule has 4 heterocycles. The van der Waals surface area contributed by atoms with E-state index in [0.29, 0.717) is 55.7 Å². The SMILES string of the molecule is C[C@H]1c2nc(C(=O)NCc3ccco3)cn2CCN1C(=O)c1ccc2c(c1)COC2. The Kier molecular flexibility index (Phi) is 4.63. The summed E-state index contributed by atoms with van der Waals surface area (Å²) in [5.74, 6) is 1.09. The number of nitrogens with one attached hydrogen (secondary N) is 1. The van der Waals surface area contributed by atoms with E-state index in [-0.39, 0.29) is 17.9 Å². The van der Waals surface area contributed by atoms with Crippen LogP contribution in [0.25, 0.3) is 0 Å². The molecule has 1 aromatic carbocycles. The van der Waals surface area contributed by atoms with Gasteiger partial charge in [-0.15, -0.1) is 0 Å². The van der Waals surface area contributed by atoms with E-state index in [4.69, 9.17) is 9.15 Å². The summed E-state index contributed by atoms with van der Waals surface area (Å²) in [5.41, 5.74) is 3.21. The lowest BCUT2D eigenvalue weighted by atomic mass is 10.0. The number of amides is 2. The standard InChI is InChI=1S/C22H22N4O4/c1-14-20-24-19(21(27)23-10-18-3-2-8-30-18)11-25(20)6-7-26(14)22(28)15-4-5-16-12-29-13-17(16)9-15/h2-5,8-9,11,14H,6-7,10,12-13H2,1H3,(H,23,27)/t14-/m0/s1. The molecular formula is C22H22N4O4. The van der Waals surface area contributed by atoms with Crippen molar-refractivity contribution in [3.05, 3.63) is 76.8 Å². The highest BCUT2D eigenvalue weighted by molar-refractivity contribution is 5.95. The molecule has 154 valence electrons. The number of rotatable bonds is 4. The molecule has 2 aromatic heterocycles. The Morgan fingerprint density at radius 1 is 1.20 bits per heavy atom. The van der Waals surface area contributed by atoms with Crippen LogP contribution < -0.4 is 5.32 Å². The molecule has 2 aliphatic heterocycles. The van der Waals surface area contributed by atoms with Crippen molar-refractivity contribution in [3.8, 4) is 0 Å². The average molecular weight is 406 g/mol. The van der Waals surface area contributed by atoms with Gasteiger partial charge in [0.2, 0.25) is 0 Å².